The largest absolute Gasteiger partial charge is 0.497 e. The number of nitrogens with zero attached hydrogens (tertiary/aromatic N) is 2. The molecule has 2 aromatic rings. The maximum absolute atomic E-state index is 6.29. The SMILES string of the molecule is CCCNC(Cc1ccc(OC)cc1)c1c(Cl)cnn1C. The van der Waals surface area contributed by atoms with Crippen molar-refractivity contribution in [1.82, 2.24) is 15.1 Å². The molecule has 0 radical (unpaired) electrons. The van der Waals surface area contributed by atoms with E-state index in [1.165, 1.54) is 5.56 Å². The molecule has 0 saturated heterocycles. The highest BCUT2D eigenvalue weighted by Gasteiger charge is 2.19. The van der Waals surface area contributed by atoms with Gasteiger partial charge in [-0.15, -0.1) is 0 Å². The van der Waals surface area contributed by atoms with Gasteiger partial charge in [0.05, 0.1) is 30.1 Å². The molecule has 1 atom stereocenters. The Kier molecular flexibility index (Phi) is 5.65. The van der Waals surface area contributed by atoms with Crippen molar-refractivity contribution in [3.63, 3.8) is 0 Å². The van der Waals surface area contributed by atoms with E-state index in [4.69, 9.17) is 16.3 Å². The summed E-state index contributed by atoms with van der Waals surface area (Å²) in [7, 11) is 3.60. The van der Waals surface area contributed by atoms with Crippen LogP contribution in [-0.2, 0) is 13.5 Å². The van der Waals surface area contributed by atoms with Gasteiger partial charge in [0.2, 0.25) is 0 Å². The zero-order valence-electron chi connectivity index (χ0n) is 12.8. The Bertz CT molecular complexity index is 546. The molecule has 21 heavy (non-hydrogen) atoms. The summed E-state index contributed by atoms with van der Waals surface area (Å²) < 4.78 is 7.05. The first-order valence-corrected chi connectivity index (χ1v) is 7.57. The van der Waals surface area contributed by atoms with E-state index in [1.807, 2.05) is 23.9 Å². The summed E-state index contributed by atoms with van der Waals surface area (Å²) in [6.07, 6.45) is 3.64. The van der Waals surface area contributed by atoms with Crippen molar-refractivity contribution in [1.29, 1.82) is 0 Å². The molecule has 1 unspecified atom stereocenters. The fraction of sp³-hybridized carbons (Fsp3) is 0.438. The highest BCUT2D eigenvalue weighted by molar-refractivity contribution is 6.31. The maximum Gasteiger partial charge on any atom is 0.118 e. The zero-order valence-corrected chi connectivity index (χ0v) is 13.5. The van der Waals surface area contributed by atoms with Crippen LogP contribution in [0, 0.1) is 0 Å². The molecule has 114 valence electrons. The van der Waals surface area contributed by atoms with E-state index in [0.29, 0.717) is 5.02 Å². The summed E-state index contributed by atoms with van der Waals surface area (Å²) in [5, 5.41) is 8.50. The average Bonchev–Trinajstić information content (AvgIpc) is 2.83. The van der Waals surface area contributed by atoms with Gasteiger partial charge in [0.15, 0.2) is 0 Å². The standard InChI is InChI=1S/C16H22ClN3O/c1-4-9-18-15(16-14(17)11-19-20(16)2)10-12-5-7-13(21-3)8-6-12/h5-8,11,15,18H,4,9-10H2,1-3H3. The number of nitrogens with one attached hydrogen (secondary N) is 1. The second-order valence-corrected chi connectivity index (χ2v) is 5.47. The molecule has 0 aliphatic carbocycles. The fourth-order valence-corrected chi connectivity index (χ4v) is 2.69. The smallest absolute Gasteiger partial charge is 0.118 e. The molecule has 0 aliphatic heterocycles. The van der Waals surface area contributed by atoms with Crippen LogP contribution in [-0.4, -0.2) is 23.4 Å². The average molecular weight is 308 g/mol. The van der Waals surface area contributed by atoms with E-state index >= 15 is 0 Å². The number of aryl methyl sites for hydroxylation is 1. The van der Waals surface area contributed by atoms with Gasteiger partial charge in [0.1, 0.15) is 5.75 Å². The van der Waals surface area contributed by atoms with Crippen LogP contribution in [0.15, 0.2) is 30.5 Å². The first kappa shape index (κ1) is 15.9. The van der Waals surface area contributed by atoms with Crippen molar-refractivity contribution in [2.24, 2.45) is 7.05 Å². The second-order valence-electron chi connectivity index (χ2n) is 5.06. The lowest BCUT2D eigenvalue weighted by Gasteiger charge is -2.20. The number of hydrogen-bond donors (Lipinski definition) is 1. The van der Waals surface area contributed by atoms with Crippen molar-refractivity contribution in [2.45, 2.75) is 25.8 Å². The van der Waals surface area contributed by atoms with Gasteiger partial charge >= 0.3 is 0 Å². The Morgan fingerprint density at radius 2 is 2.05 bits per heavy atom. The summed E-state index contributed by atoms with van der Waals surface area (Å²) in [5.74, 6) is 0.871. The molecule has 0 aliphatic rings. The molecule has 1 heterocycles. The number of benzene rings is 1. The van der Waals surface area contributed by atoms with Gasteiger partial charge in [-0.3, -0.25) is 4.68 Å². The lowest BCUT2D eigenvalue weighted by molar-refractivity contribution is 0.414. The number of ether oxygens (including phenoxy) is 1. The van der Waals surface area contributed by atoms with Gasteiger partial charge in [-0.2, -0.15) is 5.10 Å². The van der Waals surface area contributed by atoms with Gasteiger partial charge in [0, 0.05) is 7.05 Å². The predicted molar refractivity (Wildman–Crippen MR) is 86.0 cm³/mol. The van der Waals surface area contributed by atoms with E-state index < -0.39 is 0 Å². The first-order chi connectivity index (χ1) is 10.2. The third kappa shape index (κ3) is 3.99. The highest BCUT2D eigenvalue weighted by atomic mass is 35.5. The third-order valence-corrected chi connectivity index (χ3v) is 3.80. The maximum atomic E-state index is 6.29. The molecule has 0 spiro atoms. The van der Waals surface area contributed by atoms with Crippen LogP contribution < -0.4 is 10.1 Å². The van der Waals surface area contributed by atoms with Gasteiger partial charge < -0.3 is 10.1 Å². The number of halogens is 1. The summed E-state index contributed by atoms with van der Waals surface area (Å²) in [5.41, 5.74) is 2.27. The van der Waals surface area contributed by atoms with Crippen LogP contribution in [0.1, 0.15) is 30.6 Å². The Balaban J connectivity index is 2.19. The fourth-order valence-electron chi connectivity index (χ4n) is 2.39. The number of methoxy groups -OCH3 is 1. The molecule has 4 nitrogen and oxygen atoms in total. The monoisotopic (exact) mass is 307 g/mol. The van der Waals surface area contributed by atoms with Gasteiger partial charge in [-0.1, -0.05) is 30.7 Å². The van der Waals surface area contributed by atoms with E-state index in [2.05, 4.69) is 29.5 Å². The summed E-state index contributed by atoms with van der Waals surface area (Å²) in [6.45, 7) is 3.10. The van der Waals surface area contributed by atoms with E-state index in [-0.39, 0.29) is 6.04 Å². The minimum Gasteiger partial charge on any atom is -0.497 e. The Morgan fingerprint density at radius 3 is 2.57 bits per heavy atom. The molecule has 0 fully saturated rings. The topological polar surface area (TPSA) is 39.1 Å². The minimum absolute atomic E-state index is 0.151. The molecule has 2 rings (SSSR count). The lowest BCUT2D eigenvalue weighted by atomic mass is 10.0. The van der Waals surface area contributed by atoms with Crippen molar-refractivity contribution in [2.75, 3.05) is 13.7 Å². The molecule has 1 aromatic carbocycles. The van der Waals surface area contributed by atoms with E-state index in [0.717, 1.165) is 30.8 Å². The van der Waals surface area contributed by atoms with Crippen LogP contribution in [0.5, 0.6) is 5.75 Å². The molecule has 5 heteroatoms. The molecule has 1 aromatic heterocycles. The van der Waals surface area contributed by atoms with Crippen molar-refractivity contribution < 1.29 is 4.74 Å². The Labute approximate surface area is 131 Å². The van der Waals surface area contributed by atoms with Crippen LogP contribution >= 0.6 is 11.6 Å². The summed E-state index contributed by atoms with van der Waals surface area (Å²) in [4.78, 5) is 0. The zero-order chi connectivity index (χ0) is 15.2. The quantitative estimate of drug-likeness (QED) is 0.852. The second kappa shape index (κ2) is 7.48. The van der Waals surface area contributed by atoms with Crippen molar-refractivity contribution >= 4 is 11.6 Å². The Hall–Kier alpha value is -1.52. The van der Waals surface area contributed by atoms with Crippen molar-refractivity contribution in [3.8, 4) is 5.75 Å². The van der Waals surface area contributed by atoms with Crippen LogP contribution in [0.4, 0.5) is 0 Å². The highest BCUT2D eigenvalue weighted by Crippen LogP contribution is 2.26. The van der Waals surface area contributed by atoms with Crippen LogP contribution in [0.3, 0.4) is 0 Å². The Morgan fingerprint density at radius 1 is 1.33 bits per heavy atom. The number of aromatic nitrogens is 2. The van der Waals surface area contributed by atoms with Crippen molar-refractivity contribution in [3.05, 3.63) is 46.7 Å². The molecule has 0 saturated carbocycles. The number of rotatable bonds is 7. The van der Waals surface area contributed by atoms with Crippen LogP contribution in [0.25, 0.3) is 0 Å². The van der Waals surface area contributed by atoms with E-state index in [1.54, 1.807) is 13.3 Å². The predicted octanol–water partition coefficient (Wildman–Crippen LogP) is 3.37. The number of hydrogen-bond acceptors (Lipinski definition) is 3. The normalized spacial score (nSPS) is 12.4. The minimum atomic E-state index is 0.151. The molecule has 0 bridgehead atoms. The van der Waals surface area contributed by atoms with E-state index in [9.17, 15) is 0 Å². The van der Waals surface area contributed by atoms with Gasteiger partial charge in [0.25, 0.3) is 0 Å². The van der Waals surface area contributed by atoms with Crippen LogP contribution in [0.2, 0.25) is 5.02 Å². The summed E-state index contributed by atoms with van der Waals surface area (Å²) in [6, 6.07) is 8.29. The van der Waals surface area contributed by atoms with Gasteiger partial charge in [-0.05, 0) is 37.1 Å². The first-order valence-electron chi connectivity index (χ1n) is 7.19. The molecule has 0 amide bonds. The lowest BCUT2D eigenvalue weighted by Crippen LogP contribution is -2.26. The third-order valence-electron chi connectivity index (χ3n) is 3.51. The molecular weight excluding hydrogens is 286 g/mol. The summed E-state index contributed by atoms with van der Waals surface area (Å²) >= 11 is 6.29. The molecular formula is C16H22ClN3O. The van der Waals surface area contributed by atoms with Gasteiger partial charge in [-0.25, -0.2) is 0 Å². The molecule has 1 N–H and O–H groups in total.